The number of nitrogens with zero attached hydrogens (tertiary/aromatic N) is 2. The Morgan fingerprint density at radius 1 is 1.50 bits per heavy atom. The fourth-order valence-electron chi connectivity index (χ4n) is 2.06. The molecule has 1 atom stereocenters. The van der Waals surface area contributed by atoms with Crippen LogP contribution in [0.25, 0.3) is 0 Å². The standard InChI is InChI=1S/C15H27N3O2/c1-6-15(5,8-9-19)16-14(20)13-10-12(11(3)4)17-18(13)7-2/h10-11,19H,6-9H2,1-5H3,(H,16,20). The van der Waals surface area contributed by atoms with Crippen molar-refractivity contribution in [1.29, 1.82) is 0 Å². The minimum absolute atomic E-state index is 0.0644. The topological polar surface area (TPSA) is 67.2 Å². The van der Waals surface area contributed by atoms with Gasteiger partial charge in [-0.1, -0.05) is 20.8 Å². The molecule has 0 aliphatic heterocycles. The zero-order valence-electron chi connectivity index (χ0n) is 13.2. The van der Waals surface area contributed by atoms with Gasteiger partial charge in [-0.05, 0) is 38.7 Å². The van der Waals surface area contributed by atoms with Crippen LogP contribution in [0.1, 0.15) is 69.6 Å². The number of aliphatic hydroxyl groups excluding tert-OH is 1. The molecule has 0 aliphatic carbocycles. The summed E-state index contributed by atoms with van der Waals surface area (Å²) in [6.45, 7) is 10.8. The SMILES string of the molecule is CCn1nc(C(C)C)cc1C(=O)NC(C)(CC)CCO. The van der Waals surface area contributed by atoms with Gasteiger partial charge in [0, 0.05) is 18.7 Å². The monoisotopic (exact) mass is 281 g/mol. The summed E-state index contributed by atoms with van der Waals surface area (Å²) in [6, 6.07) is 1.86. The van der Waals surface area contributed by atoms with Gasteiger partial charge in [0.1, 0.15) is 5.69 Å². The molecule has 0 saturated carbocycles. The molecule has 0 radical (unpaired) electrons. The van der Waals surface area contributed by atoms with Crippen LogP contribution in [0.5, 0.6) is 0 Å². The summed E-state index contributed by atoms with van der Waals surface area (Å²) < 4.78 is 1.74. The van der Waals surface area contributed by atoms with Crippen LogP contribution in [-0.2, 0) is 6.54 Å². The van der Waals surface area contributed by atoms with Gasteiger partial charge in [-0.15, -0.1) is 0 Å². The van der Waals surface area contributed by atoms with Gasteiger partial charge in [-0.25, -0.2) is 0 Å². The zero-order valence-corrected chi connectivity index (χ0v) is 13.2. The van der Waals surface area contributed by atoms with E-state index in [-0.39, 0.29) is 18.1 Å². The maximum Gasteiger partial charge on any atom is 0.269 e. The van der Waals surface area contributed by atoms with Crippen molar-refractivity contribution in [2.24, 2.45) is 0 Å². The van der Waals surface area contributed by atoms with E-state index in [9.17, 15) is 4.79 Å². The lowest BCUT2D eigenvalue weighted by atomic mass is 9.94. The molecule has 1 aromatic rings. The molecule has 1 heterocycles. The summed E-state index contributed by atoms with van der Waals surface area (Å²) in [6.07, 6.45) is 1.32. The predicted octanol–water partition coefficient (Wildman–Crippen LogP) is 2.31. The first-order valence-electron chi connectivity index (χ1n) is 7.38. The minimum atomic E-state index is -0.382. The number of aromatic nitrogens is 2. The summed E-state index contributed by atoms with van der Waals surface area (Å²) in [5.41, 5.74) is 1.14. The normalized spacial score (nSPS) is 14.3. The maximum atomic E-state index is 12.5. The number of rotatable bonds is 7. The Morgan fingerprint density at radius 3 is 2.60 bits per heavy atom. The van der Waals surface area contributed by atoms with Crippen LogP contribution < -0.4 is 5.32 Å². The Hall–Kier alpha value is -1.36. The maximum absolute atomic E-state index is 12.5. The molecule has 1 amide bonds. The Bertz CT molecular complexity index is 454. The molecule has 20 heavy (non-hydrogen) atoms. The van der Waals surface area contributed by atoms with Gasteiger partial charge in [-0.2, -0.15) is 5.10 Å². The van der Waals surface area contributed by atoms with Gasteiger partial charge in [-0.3, -0.25) is 9.48 Å². The summed E-state index contributed by atoms with van der Waals surface area (Å²) >= 11 is 0. The number of aliphatic hydroxyl groups is 1. The lowest BCUT2D eigenvalue weighted by molar-refractivity contribution is 0.0875. The number of hydrogen-bond acceptors (Lipinski definition) is 3. The summed E-state index contributed by atoms with van der Waals surface area (Å²) in [7, 11) is 0. The van der Waals surface area contributed by atoms with Gasteiger partial charge in [0.25, 0.3) is 5.91 Å². The number of hydrogen-bond donors (Lipinski definition) is 2. The highest BCUT2D eigenvalue weighted by molar-refractivity contribution is 5.93. The highest BCUT2D eigenvalue weighted by atomic mass is 16.3. The molecular formula is C15H27N3O2. The highest BCUT2D eigenvalue weighted by Gasteiger charge is 2.26. The van der Waals surface area contributed by atoms with Crippen molar-refractivity contribution in [3.8, 4) is 0 Å². The number of carbonyl (C=O) groups excluding carboxylic acids is 1. The third kappa shape index (κ3) is 3.82. The number of aryl methyl sites for hydroxylation is 1. The molecule has 2 N–H and O–H groups in total. The predicted molar refractivity (Wildman–Crippen MR) is 79.9 cm³/mol. The summed E-state index contributed by atoms with van der Waals surface area (Å²) in [4.78, 5) is 12.5. The number of carbonyl (C=O) groups is 1. The van der Waals surface area contributed by atoms with Crippen molar-refractivity contribution in [2.75, 3.05) is 6.61 Å². The molecule has 0 saturated heterocycles. The van der Waals surface area contributed by atoms with Crippen molar-refractivity contribution in [2.45, 2.75) is 65.5 Å². The zero-order chi connectivity index (χ0) is 15.3. The van der Waals surface area contributed by atoms with Crippen molar-refractivity contribution >= 4 is 5.91 Å². The number of nitrogens with one attached hydrogen (secondary N) is 1. The Labute approximate surface area is 121 Å². The molecule has 1 rings (SSSR count). The molecule has 0 aliphatic rings. The van der Waals surface area contributed by atoms with Gasteiger partial charge < -0.3 is 10.4 Å². The average molecular weight is 281 g/mol. The van der Waals surface area contributed by atoms with Crippen molar-refractivity contribution < 1.29 is 9.90 Å². The molecule has 0 bridgehead atoms. The van der Waals surface area contributed by atoms with Crippen molar-refractivity contribution in [3.05, 3.63) is 17.5 Å². The summed E-state index contributed by atoms with van der Waals surface area (Å²) in [5.74, 6) is 0.174. The van der Waals surface area contributed by atoms with Crippen LogP contribution in [0.3, 0.4) is 0 Å². The Morgan fingerprint density at radius 2 is 2.15 bits per heavy atom. The lowest BCUT2D eigenvalue weighted by Gasteiger charge is -2.29. The van der Waals surface area contributed by atoms with Crippen LogP contribution in [0.2, 0.25) is 0 Å². The van der Waals surface area contributed by atoms with Gasteiger partial charge in [0.05, 0.1) is 5.69 Å². The van der Waals surface area contributed by atoms with Crippen molar-refractivity contribution in [3.63, 3.8) is 0 Å². The second-order valence-electron chi connectivity index (χ2n) is 5.77. The third-order valence-corrected chi connectivity index (χ3v) is 3.78. The quantitative estimate of drug-likeness (QED) is 0.806. The van der Waals surface area contributed by atoms with Crippen LogP contribution in [0, 0.1) is 0 Å². The van der Waals surface area contributed by atoms with E-state index in [1.54, 1.807) is 4.68 Å². The molecule has 5 heteroatoms. The molecule has 114 valence electrons. The smallest absolute Gasteiger partial charge is 0.269 e. The lowest BCUT2D eigenvalue weighted by Crippen LogP contribution is -2.46. The number of amides is 1. The van der Waals surface area contributed by atoms with Crippen LogP contribution >= 0.6 is 0 Å². The Kier molecular flexibility index (Phi) is 5.74. The molecule has 0 aromatic carbocycles. The fraction of sp³-hybridized carbons (Fsp3) is 0.733. The van der Waals surface area contributed by atoms with E-state index in [4.69, 9.17) is 5.11 Å². The second kappa shape index (κ2) is 6.88. The van der Waals surface area contributed by atoms with Crippen LogP contribution in [0.15, 0.2) is 6.07 Å². The molecule has 1 aromatic heterocycles. The van der Waals surface area contributed by atoms with Gasteiger partial charge >= 0.3 is 0 Å². The molecular weight excluding hydrogens is 254 g/mol. The van der Waals surface area contributed by atoms with E-state index in [1.807, 2.05) is 26.8 Å². The Balaban J connectivity index is 2.96. The van der Waals surface area contributed by atoms with Gasteiger partial charge in [0.15, 0.2) is 0 Å². The first kappa shape index (κ1) is 16.7. The average Bonchev–Trinajstić information content (AvgIpc) is 2.83. The van der Waals surface area contributed by atoms with E-state index >= 15 is 0 Å². The summed E-state index contributed by atoms with van der Waals surface area (Å²) in [5, 5.41) is 16.6. The van der Waals surface area contributed by atoms with E-state index < -0.39 is 0 Å². The van der Waals surface area contributed by atoms with E-state index in [2.05, 4.69) is 24.3 Å². The molecule has 5 nitrogen and oxygen atoms in total. The van der Waals surface area contributed by atoms with Crippen LogP contribution in [-0.4, -0.2) is 32.9 Å². The van der Waals surface area contributed by atoms with Crippen molar-refractivity contribution in [1.82, 2.24) is 15.1 Å². The third-order valence-electron chi connectivity index (χ3n) is 3.78. The van der Waals surface area contributed by atoms with E-state index in [0.29, 0.717) is 24.6 Å². The second-order valence-corrected chi connectivity index (χ2v) is 5.77. The molecule has 1 unspecified atom stereocenters. The minimum Gasteiger partial charge on any atom is -0.396 e. The van der Waals surface area contributed by atoms with Gasteiger partial charge in [0.2, 0.25) is 0 Å². The van der Waals surface area contributed by atoms with Crippen LogP contribution in [0.4, 0.5) is 0 Å². The van der Waals surface area contributed by atoms with E-state index in [1.165, 1.54) is 0 Å². The first-order valence-corrected chi connectivity index (χ1v) is 7.38. The van der Waals surface area contributed by atoms with E-state index in [0.717, 1.165) is 12.1 Å². The first-order chi connectivity index (χ1) is 9.36. The largest absolute Gasteiger partial charge is 0.396 e. The molecule has 0 spiro atoms. The highest BCUT2D eigenvalue weighted by Crippen LogP contribution is 2.18. The molecule has 0 fully saturated rings. The fourth-order valence-corrected chi connectivity index (χ4v) is 2.06.